The number of nitrogens with zero attached hydrogens (tertiary/aromatic N) is 2. The van der Waals surface area contributed by atoms with Gasteiger partial charge in [-0.05, 0) is 92.2 Å². The minimum absolute atomic E-state index is 0.0822. The zero-order chi connectivity index (χ0) is 22.7. The zero-order valence-electron chi connectivity index (χ0n) is 19.9. The molecule has 1 N–H and O–H groups in total. The van der Waals surface area contributed by atoms with Crippen LogP contribution in [0.15, 0.2) is 30.5 Å². The number of rotatable bonds is 3. The summed E-state index contributed by atoms with van der Waals surface area (Å²) in [7, 11) is 1.98. The number of nitrogens with one attached hydrogen (secondary N) is 1. The van der Waals surface area contributed by atoms with Gasteiger partial charge < -0.3 is 10.2 Å². The standard InChI is InChI=1S/C27H37N3O2/c1-17-6-5-15-28-25(17)29-23(31)16-18-7-9-20-19-8-10-22-27(3,14-12-24(32)30(22)4)21(19)11-13-26(18,20)2/h5-6,12,14-15,18-22H,7-11,13,16H2,1-4H3,(H,28,29,31)/t18-,19+,20+,21+,22-,26-,27-/m1/s1. The predicted molar refractivity (Wildman–Crippen MR) is 126 cm³/mol. The van der Waals surface area contributed by atoms with E-state index in [9.17, 15) is 9.59 Å². The van der Waals surface area contributed by atoms with E-state index in [1.165, 1.54) is 25.7 Å². The first-order valence-electron chi connectivity index (χ1n) is 12.4. The summed E-state index contributed by atoms with van der Waals surface area (Å²) in [6.45, 7) is 6.84. The number of hydrogen-bond donors (Lipinski definition) is 1. The number of aryl methyl sites for hydroxylation is 1. The van der Waals surface area contributed by atoms with Gasteiger partial charge in [0, 0.05) is 31.1 Å². The number of amides is 2. The number of pyridine rings is 1. The van der Waals surface area contributed by atoms with Gasteiger partial charge in [0.1, 0.15) is 5.82 Å². The second-order valence-corrected chi connectivity index (χ2v) is 11.4. The average molecular weight is 436 g/mol. The lowest BCUT2D eigenvalue weighted by Gasteiger charge is -2.60. The Hall–Kier alpha value is -2.17. The van der Waals surface area contributed by atoms with Crippen LogP contribution in [0.1, 0.15) is 64.4 Å². The van der Waals surface area contributed by atoms with Gasteiger partial charge in [-0.1, -0.05) is 26.0 Å². The smallest absolute Gasteiger partial charge is 0.246 e. The first kappa shape index (κ1) is 21.7. The van der Waals surface area contributed by atoms with E-state index in [1.807, 2.05) is 37.1 Å². The number of likely N-dealkylation sites (N-methyl/N-ethyl adjacent to an activating group) is 1. The Morgan fingerprint density at radius 3 is 2.78 bits per heavy atom. The molecule has 3 fully saturated rings. The second-order valence-electron chi connectivity index (χ2n) is 11.4. The van der Waals surface area contributed by atoms with Crippen molar-refractivity contribution < 1.29 is 9.59 Å². The number of anilines is 1. The normalized spacial score (nSPS) is 40.4. The highest BCUT2D eigenvalue weighted by Gasteiger charge is 2.60. The molecular formula is C27H37N3O2. The van der Waals surface area contributed by atoms with Gasteiger partial charge in [-0.25, -0.2) is 4.98 Å². The maximum absolute atomic E-state index is 12.9. The van der Waals surface area contributed by atoms with Gasteiger partial charge in [-0.2, -0.15) is 0 Å². The number of hydrogen-bond acceptors (Lipinski definition) is 3. The Morgan fingerprint density at radius 2 is 2.00 bits per heavy atom. The van der Waals surface area contributed by atoms with Crippen molar-refractivity contribution in [2.45, 2.75) is 71.8 Å². The summed E-state index contributed by atoms with van der Waals surface area (Å²) >= 11 is 0. The van der Waals surface area contributed by atoms with Crippen LogP contribution in [0.5, 0.6) is 0 Å². The van der Waals surface area contributed by atoms with Crippen LogP contribution in [-0.4, -0.2) is 34.8 Å². The molecule has 1 aliphatic heterocycles. The van der Waals surface area contributed by atoms with Gasteiger partial charge in [-0.3, -0.25) is 9.59 Å². The summed E-state index contributed by atoms with van der Waals surface area (Å²) in [6.07, 6.45) is 13.5. The molecule has 2 heterocycles. The van der Waals surface area contributed by atoms with Crippen LogP contribution in [0.3, 0.4) is 0 Å². The van der Waals surface area contributed by atoms with Crippen LogP contribution in [0.25, 0.3) is 0 Å². The molecule has 5 nitrogen and oxygen atoms in total. The number of carbonyl (C=O) groups is 2. The van der Waals surface area contributed by atoms with E-state index in [2.05, 4.69) is 30.2 Å². The van der Waals surface area contributed by atoms with Gasteiger partial charge >= 0.3 is 0 Å². The first-order valence-corrected chi connectivity index (χ1v) is 12.4. The molecule has 7 atom stereocenters. The largest absolute Gasteiger partial charge is 0.338 e. The fourth-order valence-electron chi connectivity index (χ4n) is 8.21. The van der Waals surface area contributed by atoms with Crippen LogP contribution in [0, 0.1) is 41.4 Å². The SMILES string of the molecule is Cc1cccnc1NC(=O)C[C@H]1CC[C@H]2[C@@H]3CC[C@H]4N(C)C(=O)C=C[C@]4(C)[C@H]3CC[C@]12C. The molecular weight excluding hydrogens is 398 g/mol. The zero-order valence-corrected chi connectivity index (χ0v) is 19.9. The molecule has 32 heavy (non-hydrogen) atoms. The molecule has 3 aliphatic carbocycles. The van der Waals surface area contributed by atoms with E-state index < -0.39 is 0 Å². The third kappa shape index (κ3) is 3.22. The third-order valence-electron chi connectivity index (χ3n) is 10.0. The fraction of sp³-hybridized carbons (Fsp3) is 0.667. The highest BCUT2D eigenvalue weighted by Crippen LogP contribution is 2.65. The molecule has 1 aromatic rings. The molecule has 1 aromatic heterocycles. The van der Waals surface area contributed by atoms with Crippen molar-refractivity contribution in [3.63, 3.8) is 0 Å². The van der Waals surface area contributed by atoms with E-state index in [0.29, 0.717) is 42.0 Å². The van der Waals surface area contributed by atoms with Crippen molar-refractivity contribution in [3.05, 3.63) is 36.0 Å². The highest BCUT2D eigenvalue weighted by molar-refractivity contribution is 5.90. The van der Waals surface area contributed by atoms with E-state index in [1.54, 1.807) is 6.20 Å². The first-order chi connectivity index (χ1) is 15.2. The van der Waals surface area contributed by atoms with Gasteiger partial charge in [0.05, 0.1) is 0 Å². The van der Waals surface area contributed by atoms with Gasteiger partial charge in [0.2, 0.25) is 11.8 Å². The summed E-state index contributed by atoms with van der Waals surface area (Å²) in [5.41, 5.74) is 1.32. The number of fused-ring (bicyclic) bond motifs is 5. The molecule has 0 bridgehead atoms. The molecule has 5 heteroatoms. The van der Waals surface area contributed by atoms with E-state index in [0.717, 1.165) is 18.4 Å². The Morgan fingerprint density at radius 1 is 1.19 bits per heavy atom. The highest BCUT2D eigenvalue weighted by atomic mass is 16.2. The van der Waals surface area contributed by atoms with Gasteiger partial charge in [0.25, 0.3) is 0 Å². The molecule has 0 spiro atoms. The summed E-state index contributed by atoms with van der Waals surface area (Å²) in [5, 5.41) is 3.06. The molecule has 0 radical (unpaired) electrons. The van der Waals surface area contributed by atoms with E-state index in [-0.39, 0.29) is 22.6 Å². The summed E-state index contributed by atoms with van der Waals surface area (Å²) in [5.74, 6) is 3.41. The Balaban J connectivity index is 1.32. The maximum atomic E-state index is 12.9. The van der Waals surface area contributed by atoms with Crippen LogP contribution < -0.4 is 5.32 Å². The Bertz CT molecular complexity index is 958. The monoisotopic (exact) mass is 435 g/mol. The molecule has 2 amide bonds. The average Bonchev–Trinajstić information content (AvgIpc) is 3.09. The summed E-state index contributed by atoms with van der Waals surface area (Å²) < 4.78 is 0. The van der Waals surface area contributed by atoms with Crippen LogP contribution in [0.4, 0.5) is 5.82 Å². The maximum Gasteiger partial charge on any atom is 0.246 e. The van der Waals surface area contributed by atoms with Crippen LogP contribution in [-0.2, 0) is 9.59 Å². The lowest BCUT2D eigenvalue weighted by molar-refractivity contribution is -0.139. The lowest BCUT2D eigenvalue weighted by atomic mass is 9.47. The third-order valence-corrected chi connectivity index (χ3v) is 10.0. The van der Waals surface area contributed by atoms with Gasteiger partial charge in [-0.15, -0.1) is 0 Å². The number of aromatic nitrogens is 1. The van der Waals surface area contributed by atoms with Gasteiger partial charge in [0.15, 0.2) is 0 Å². The summed E-state index contributed by atoms with van der Waals surface area (Å²) in [6, 6.07) is 4.21. The second kappa shape index (κ2) is 7.71. The minimum Gasteiger partial charge on any atom is -0.338 e. The lowest BCUT2D eigenvalue weighted by Crippen LogP contribution is -2.59. The van der Waals surface area contributed by atoms with Crippen molar-refractivity contribution in [1.29, 1.82) is 0 Å². The summed E-state index contributed by atoms with van der Waals surface area (Å²) in [4.78, 5) is 31.5. The molecule has 0 unspecified atom stereocenters. The van der Waals surface area contributed by atoms with Crippen LogP contribution in [0.2, 0.25) is 0 Å². The molecule has 172 valence electrons. The Kier molecular flexibility index (Phi) is 5.22. The van der Waals surface area contributed by atoms with Crippen molar-refractivity contribution in [1.82, 2.24) is 9.88 Å². The molecule has 5 rings (SSSR count). The van der Waals surface area contributed by atoms with E-state index in [4.69, 9.17) is 0 Å². The molecule has 0 aromatic carbocycles. The quantitative estimate of drug-likeness (QED) is 0.729. The molecule has 4 aliphatic rings. The van der Waals surface area contributed by atoms with Crippen molar-refractivity contribution in [2.75, 3.05) is 12.4 Å². The molecule has 3 saturated carbocycles. The van der Waals surface area contributed by atoms with Crippen molar-refractivity contribution >= 4 is 17.6 Å². The predicted octanol–water partition coefficient (Wildman–Crippen LogP) is 4.97. The van der Waals surface area contributed by atoms with Crippen molar-refractivity contribution in [2.24, 2.45) is 34.5 Å². The van der Waals surface area contributed by atoms with Crippen molar-refractivity contribution in [3.8, 4) is 0 Å². The molecule has 0 saturated heterocycles. The Labute approximate surface area is 192 Å². The topological polar surface area (TPSA) is 62.3 Å². The minimum atomic E-state index is 0.0822. The van der Waals surface area contributed by atoms with E-state index >= 15 is 0 Å². The van der Waals surface area contributed by atoms with Crippen LogP contribution >= 0.6 is 0 Å². The number of carbonyl (C=O) groups excluding carboxylic acids is 2. The fourth-order valence-corrected chi connectivity index (χ4v) is 8.21.